The van der Waals surface area contributed by atoms with Gasteiger partial charge in [-0.3, -0.25) is 9.69 Å². The highest BCUT2D eigenvalue weighted by Crippen LogP contribution is 2.23. The molecule has 1 aliphatic rings. The number of hydrogen-bond donors (Lipinski definition) is 0. The number of amides is 1. The summed E-state index contributed by atoms with van der Waals surface area (Å²) < 4.78 is 23.7. The second kappa shape index (κ2) is 9.12. The molecule has 1 amide bonds. The summed E-state index contributed by atoms with van der Waals surface area (Å²) in [4.78, 5) is 21.0. The number of hydrogen-bond acceptors (Lipinski definition) is 6. The lowest BCUT2D eigenvalue weighted by atomic mass is 10.1. The fraction of sp³-hybridized carbons (Fsp3) is 0.579. The molecule has 2 heterocycles. The molecule has 1 aromatic carbocycles. The van der Waals surface area contributed by atoms with Crippen LogP contribution >= 0.6 is 11.3 Å². The third-order valence-electron chi connectivity index (χ3n) is 4.87. The van der Waals surface area contributed by atoms with E-state index in [-0.39, 0.29) is 11.7 Å². The first-order valence-electron chi connectivity index (χ1n) is 9.43. The van der Waals surface area contributed by atoms with Gasteiger partial charge in [0.2, 0.25) is 5.91 Å². The number of nitrogens with zero attached hydrogens (tertiary/aromatic N) is 3. The molecule has 148 valence electrons. The number of aromatic nitrogens is 1. The van der Waals surface area contributed by atoms with E-state index >= 15 is 0 Å². The van der Waals surface area contributed by atoms with Gasteiger partial charge in [-0.1, -0.05) is 12.1 Å². The largest absolute Gasteiger partial charge is 0.340 e. The number of thiazole rings is 1. The van der Waals surface area contributed by atoms with Gasteiger partial charge in [-0.15, -0.1) is 11.3 Å². The van der Waals surface area contributed by atoms with Gasteiger partial charge in [-0.05, 0) is 31.4 Å². The molecule has 0 saturated carbocycles. The Kier molecular flexibility index (Phi) is 6.83. The normalized spacial score (nSPS) is 16.1. The van der Waals surface area contributed by atoms with E-state index in [0.717, 1.165) is 42.9 Å². The molecule has 0 radical (unpaired) electrons. The van der Waals surface area contributed by atoms with E-state index in [1.54, 1.807) is 11.3 Å². The van der Waals surface area contributed by atoms with Gasteiger partial charge in [0.05, 0.1) is 21.0 Å². The zero-order valence-corrected chi connectivity index (χ0v) is 17.4. The number of unbranched alkanes of at least 4 members (excludes halogenated alkanes) is 1. The standard InChI is InChI=1S/C19H27N3O3S2/c1-27(24,25)15-14-21-10-12-22(13-11-21)19(23)9-5-4-8-18-20-16-6-2-3-7-17(16)26-18/h2-3,6-7H,4-5,8-15H2,1H3. The summed E-state index contributed by atoms with van der Waals surface area (Å²) in [5, 5.41) is 1.14. The maximum Gasteiger partial charge on any atom is 0.222 e. The van der Waals surface area contributed by atoms with Gasteiger partial charge < -0.3 is 4.90 Å². The van der Waals surface area contributed by atoms with Crippen molar-refractivity contribution in [2.45, 2.75) is 25.7 Å². The Morgan fingerprint density at radius 1 is 1.15 bits per heavy atom. The first kappa shape index (κ1) is 20.2. The molecule has 8 heteroatoms. The van der Waals surface area contributed by atoms with Crippen molar-refractivity contribution in [3.63, 3.8) is 0 Å². The highest BCUT2D eigenvalue weighted by Gasteiger charge is 2.21. The summed E-state index contributed by atoms with van der Waals surface area (Å²) in [6.45, 7) is 3.46. The van der Waals surface area contributed by atoms with Crippen LogP contribution in [0.2, 0.25) is 0 Å². The van der Waals surface area contributed by atoms with E-state index in [9.17, 15) is 13.2 Å². The summed E-state index contributed by atoms with van der Waals surface area (Å²) in [7, 11) is -2.93. The number of carbonyl (C=O) groups excluding carboxylic acids is 1. The molecule has 0 unspecified atom stereocenters. The topological polar surface area (TPSA) is 70.6 Å². The first-order valence-corrected chi connectivity index (χ1v) is 12.3. The molecule has 1 aromatic heterocycles. The molecule has 1 saturated heterocycles. The van der Waals surface area contributed by atoms with E-state index in [2.05, 4.69) is 16.0 Å². The third kappa shape index (κ3) is 6.26. The van der Waals surface area contributed by atoms with Crippen LogP contribution in [0.15, 0.2) is 24.3 Å². The summed E-state index contributed by atoms with van der Waals surface area (Å²) in [6, 6.07) is 8.17. The minimum absolute atomic E-state index is 0.187. The number of aryl methyl sites for hydroxylation is 1. The highest BCUT2D eigenvalue weighted by atomic mass is 32.2. The molecule has 1 aliphatic heterocycles. The van der Waals surface area contributed by atoms with Crippen LogP contribution in [0.5, 0.6) is 0 Å². The quantitative estimate of drug-likeness (QED) is 0.625. The Hall–Kier alpha value is -1.51. The monoisotopic (exact) mass is 409 g/mol. The van der Waals surface area contributed by atoms with Crippen molar-refractivity contribution in [3.05, 3.63) is 29.3 Å². The van der Waals surface area contributed by atoms with Crippen LogP contribution in [0.4, 0.5) is 0 Å². The van der Waals surface area contributed by atoms with E-state index in [4.69, 9.17) is 0 Å². The van der Waals surface area contributed by atoms with Crippen molar-refractivity contribution in [2.24, 2.45) is 0 Å². The Morgan fingerprint density at radius 2 is 1.89 bits per heavy atom. The molecule has 1 fully saturated rings. The van der Waals surface area contributed by atoms with Crippen molar-refractivity contribution in [1.29, 1.82) is 0 Å². The molecular formula is C19H27N3O3S2. The average molecular weight is 410 g/mol. The molecular weight excluding hydrogens is 382 g/mol. The van der Waals surface area contributed by atoms with Crippen molar-refractivity contribution in [2.75, 3.05) is 44.7 Å². The zero-order chi connectivity index (χ0) is 19.3. The van der Waals surface area contributed by atoms with Gasteiger partial charge in [0, 0.05) is 45.4 Å². The zero-order valence-electron chi connectivity index (χ0n) is 15.8. The number of carbonyl (C=O) groups is 1. The van der Waals surface area contributed by atoms with Crippen LogP contribution in [0.3, 0.4) is 0 Å². The van der Waals surface area contributed by atoms with E-state index in [0.29, 0.717) is 26.1 Å². The van der Waals surface area contributed by atoms with Crippen molar-refractivity contribution >= 4 is 37.3 Å². The second-order valence-electron chi connectivity index (χ2n) is 7.13. The van der Waals surface area contributed by atoms with Gasteiger partial charge in [0.1, 0.15) is 9.84 Å². The van der Waals surface area contributed by atoms with Gasteiger partial charge in [-0.2, -0.15) is 0 Å². The second-order valence-corrected chi connectivity index (χ2v) is 10.5. The van der Waals surface area contributed by atoms with Crippen LogP contribution in [0.1, 0.15) is 24.3 Å². The number of rotatable bonds is 8. The fourth-order valence-corrected chi connectivity index (χ4v) is 4.85. The van der Waals surface area contributed by atoms with Crippen LogP contribution in [0.25, 0.3) is 10.2 Å². The Bertz CT molecular complexity index is 838. The molecule has 0 aliphatic carbocycles. The summed E-state index contributed by atoms with van der Waals surface area (Å²) in [6.07, 6.45) is 4.62. The smallest absolute Gasteiger partial charge is 0.222 e. The maximum absolute atomic E-state index is 12.4. The third-order valence-corrected chi connectivity index (χ3v) is 6.89. The number of sulfone groups is 1. The van der Waals surface area contributed by atoms with Gasteiger partial charge in [0.25, 0.3) is 0 Å². The van der Waals surface area contributed by atoms with E-state index < -0.39 is 9.84 Å². The van der Waals surface area contributed by atoms with Crippen molar-refractivity contribution < 1.29 is 13.2 Å². The summed E-state index contributed by atoms with van der Waals surface area (Å²) >= 11 is 1.74. The molecule has 0 spiro atoms. The highest BCUT2D eigenvalue weighted by molar-refractivity contribution is 7.90. The van der Waals surface area contributed by atoms with Crippen molar-refractivity contribution in [1.82, 2.24) is 14.8 Å². The molecule has 6 nitrogen and oxygen atoms in total. The molecule has 0 bridgehead atoms. The minimum Gasteiger partial charge on any atom is -0.340 e. The lowest BCUT2D eigenvalue weighted by Gasteiger charge is -2.34. The Morgan fingerprint density at radius 3 is 2.59 bits per heavy atom. The van der Waals surface area contributed by atoms with Gasteiger partial charge >= 0.3 is 0 Å². The number of benzene rings is 1. The fourth-order valence-electron chi connectivity index (χ4n) is 3.25. The molecule has 3 rings (SSSR count). The maximum atomic E-state index is 12.4. The summed E-state index contributed by atoms with van der Waals surface area (Å²) in [5.74, 6) is 0.397. The molecule has 0 atom stereocenters. The predicted molar refractivity (Wildman–Crippen MR) is 110 cm³/mol. The molecule has 0 N–H and O–H groups in total. The average Bonchev–Trinajstić information content (AvgIpc) is 3.06. The van der Waals surface area contributed by atoms with Crippen LogP contribution < -0.4 is 0 Å². The minimum atomic E-state index is -2.93. The van der Waals surface area contributed by atoms with Crippen LogP contribution in [0, 0.1) is 0 Å². The Labute approximate surface area is 165 Å². The number of para-hydroxylation sites is 1. The molecule has 27 heavy (non-hydrogen) atoms. The van der Waals surface area contributed by atoms with Gasteiger partial charge in [0.15, 0.2) is 0 Å². The number of fused-ring (bicyclic) bond motifs is 1. The Balaban J connectivity index is 1.34. The van der Waals surface area contributed by atoms with Gasteiger partial charge in [-0.25, -0.2) is 13.4 Å². The van der Waals surface area contributed by atoms with E-state index in [1.807, 2.05) is 23.1 Å². The summed E-state index contributed by atoms with van der Waals surface area (Å²) in [5.41, 5.74) is 1.06. The van der Waals surface area contributed by atoms with E-state index in [1.165, 1.54) is 11.0 Å². The van der Waals surface area contributed by atoms with Crippen molar-refractivity contribution in [3.8, 4) is 0 Å². The SMILES string of the molecule is CS(=O)(=O)CCN1CCN(C(=O)CCCCc2nc3ccccc3s2)CC1. The lowest BCUT2D eigenvalue weighted by Crippen LogP contribution is -2.49. The molecule has 2 aromatic rings. The van der Waals surface area contributed by atoms with Crippen LogP contribution in [-0.2, 0) is 21.1 Å². The predicted octanol–water partition coefficient (Wildman–Crippen LogP) is 2.20. The lowest BCUT2D eigenvalue weighted by molar-refractivity contribution is -0.133. The first-order chi connectivity index (χ1) is 12.9. The van der Waals surface area contributed by atoms with Crippen LogP contribution in [-0.4, -0.2) is 73.8 Å². The number of piperazine rings is 1.